The second-order valence-electron chi connectivity index (χ2n) is 6.55. The van der Waals surface area contributed by atoms with E-state index in [9.17, 15) is 4.79 Å². The van der Waals surface area contributed by atoms with Crippen LogP contribution in [-0.4, -0.2) is 73.2 Å². The van der Waals surface area contributed by atoms with Crippen molar-refractivity contribution in [3.63, 3.8) is 0 Å². The molecule has 0 aromatic carbocycles. The molecule has 1 saturated heterocycles. The summed E-state index contributed by atoms with van der Waals surface area (Å²) in [5.74, 6) is 1.27. The first-order chi connectivity index (χ1) is 11.1. The Hall–Kier alpha value is -1.66. The lowest BCUT2D eigenvalue weighted by molar-refractivity contribution is -0.133. The summed E-state index contributed by atoms with van der Waals surface area (Å²) < 4.78 is 11.7. The smallest absolute Gasteiger partial charge is 0.236 e. The summed E-state index contributed by atoms with van der Waals surface area (Å²) in [4.78, 5) is 20.1. The van der Waals surface area contributed by atoms with E-state index in [1.807, 2.05) is 18.2 Å². The van der Waals surface area contributed by atoms with Crippen LogP contribution in [0.4, 0.5) is 0 Å². The molecule has 0 N–H and O–H groups in total. The van der Waals surface area contributed by atoms with Gasteiger partial charge in [-0.05, 0) is 24.8 Å². The first-order valence-corrected chi connectivity index (χ1v) is 8.23. The Morgan fingerprint density at radius 3 is 3.04 bits per heavy atom. The lowest BCUT2D eigenvalue weighted by Crippen LogP contribution is -2.51. The van der Waals surface area contributed by atoms with E-state index in [-0.39, 0.29) is 12.0 Å². The second-order valence-corrected chi connectivity index (χ2v) is 6.55. The van der Waals surface area contributed by atoms with Gasteiger partial charge in [-0.1, -0.05) is 6.07 Å². The van der Waals surface area contributed by atoms with Crippen LogP contribution in [0.1, 0.15) is 12.8 Å². The molecule has 1 amide bonds. The number of carbonyl (C=O) groups excluding carboxylic acids is 1. The zero-order valence-corrected chi connectivity index (χ0v) is 13.9. The van der Waals surface area contributed by atoms with Crippen molar-refractivity contribution in [2.24, 2.45) is 5.92 Å². The van der Waals surface area contributed by atoms with Crippen LogP contribution in [-0.2, 0) is 9.53 Å². The van der Waals surface area contributed by atoms with Gasteiger partial charge in [0.1, 0.15) is 0 Å². The van der Waals surface area contributed by atoms with E-state index in [1.165, 1.54) is 0 Å². The standard InChI is InChI=1S/C17H25N3O3/c1-19(2)17(21)11-20-7-8-22-15-10-13(9-14(15)20)12-23-16-5-3-4-6-18-16/h3-6,13-15H,7-12H2,1-2H3/t13?,14-,15-/m1/s1. The molecule has 0 spiro atoms. The predicted molar refractivity (Wildman–Crippen MR) is 86.3 cm³/mol. The number of rotatable bonds is 5. The molecule has 6 heteroatoms. The number of aromatic nitrogens is 1. The van der Waals surface area contributed by atoms with Crippen molar-refractivity contribution in [2.75, 3.05) is 40.4 Å². The third-order valence-electron chi connectivity index (χ3n) is 4.69. The molecule has 1 saturated carbocycles. The molecule has 3 rings (SSSR count). The molecule has 1 aliphatic carbocycles. The zero-order chi connectivity index (χ0) is 16.2. The lowest BCUT2D eigenvalue weighted by atomic mass is 10.1. The SMILES string of the molecule is CN(C)C(=O)CN1CCO[C@@H]2CC(COc3ccccn3)C[C@H]21. The number of nitrogens with zero attached hydrogens (tertiary/aromatic N) is 3. The molecule has 23 heavy (non-hydrogen) atoms. The van der Waals surface area contributed by atoms with Crippen LogP contribution in [0.15, 0.2) is 24.4 Å². The highest BCUT2D eigenvalue weighted by atomic mass is 16.5. The minimum absolute atomic E-state index is 0.152. The Bertz CT molecular complexity index is 523. The Labute approximate surface area is 137 Å². The number of morpholine rings is 1. The highest BCUT2D eigenvalue weighted by molar-refractivity contribution is 5.77. The molecule has 2 heterocycles. The number of carbonyl (C=O) groups is 1. The van der Waals surface area contributed by atoms with Crippen LogP contribution < -0.4 is 4.74 Å². The van der Waals surface area contributed by atoms with Crippen molar-refractivity contribution in [1.29, 1.82) is 0 Å². The van der Waals surface area contributed by atoms with E-state index in [1.54, 1.807) is 25.2 Å². The highest BCUT2D eigenvalue weighted by Crippen LogP contribution is 2.34. The highest BCUT2D eigenvalue weighted by Gasteiger charge is 2.41. The van der Waals surface area contributed by atoms with Crippen LogP contribution in [0.5, 0.6) is 5.88 Å². The number of hydrogen-bond acceptors (Lipinski definition) is 5. The molecule has 3 atom stereocenters. The van der Waals surface area contributed by atoms with Crippen molar-refractivity contribution in [3.05, 3.63) is 24.4 Å². The predicted octanol–water partition coefficient (Wildman–Crippen LogP) is 1.03. The number of hydrogen-bond donors (Lipinski definition) is 0. The topological polar surface area (TPSA) is 54.9 Å². The molecule has 0 bridgehead atoms. The van der Waals surface area contributed by atoms with Gasteiger partial charge >= 0.3 is 0 Å². The lowest BCUT2D eigenvalue weighted by Gasteiger charge is -2.37. The first-order valence-electron chi connectivity index (χ1n) is 8.23. The van der Waals surface area contributed by atoms with E-state index in [0.29, 0.717) is 37.6 Å². The van der Waals surface area contributed by atoms with Crippen molar-refractivity contribution in [2.45, 2.75) is 25.0 Å². The quantitative estimate of drug-likeness (QED) is 0.811. The Balaban J connectivity index is 1.54. The fraction of sp³-hybridized carbons (Fsp3) is 0.647. The van der Waals surface area contributed by atoms with Crippen LogP contribution in [0.3, 0.4) is 0 Å². The van der Waals surface area contributed by atoms with E-state index < -0.39 is 0 Å². The third kappa shape index (κ3) is 4.00. The van der Waals surface area contributed by atoms with Gasteiger partial charge in [-0.25, -0.2) is 4.98 Å². The van der Waals surface area contributed by atoms with Crippen molar-refractivity contribution < 1.29 is 14.3 Å². The van der Waals surface area contributed by atoms with Gasteiger partial charge in [0.15, 0.2) is 0 Å². The maximum Gasteiger partial charge on any atom is 0.236 e. The second kappa shape index (κ2) is 7.27. The Kier molecular flexibility index (Phi) is 5.13. The molecule has 0 radical (unpaired) electrons. The van der Waals surface area contributed by atoms with Gasteiger partial charge in [0.05, 0.1) is 25.9 Å². The van der Waals surface area contributed by atoms with E-state index in [4.69, 9.17) is 9.47 Å². The molecule has 1 aromatic rings. The maximum absolute atomic E-state index is 12.0. The summed E-state index contributed by atoms with van der Waals surface area (Å²) in [6.07, 6.45) is 3.96. The first kappa shape index (κ1) is 16.2. The summed E-state index contributed by atoms with van der Waals surface area (Å²) in [6, 6.07) is 6.00. The van der Waals surface area contributed by atoms with Gasteiger partial charge in [-0.15, -0.1) is 0 Å². The van der Waals surface area contributed by atoms with Crippen LogP contribution in [0, 0.1) is 5.92 Å². The fourth-order valence-corrected chi connectivity index (χ4v) is 3.41. The molecule has 6 nitrogen and oxygen atoms in total. The molecule has 1 aromatic heterocycles. The number of pyridine rings is 1. The number of ether oxygens (including phenoxy) is 2. The molecule has 1 aliphatic heterocycles. The average Bonchev–Trinajstić information content (AvgIpc) is 2.98. The van der Waals surface area contributed by atoms with Crippen LogP contribution in [0.2, 0.25) is 0 Å². The Morgan fingerprint density at radius 2 is 2.30 bits per heavy atom. The fourth-order valence-electron chi connectivity index (χ4n) is 3.41. The number of amides is 1. The van der Waals surface area contributed by atoms with Crippen molar-refractivity contribution >= 4 is 5.91 Å². The number of likely N-dealkylation sites (N-methyl/N-ethyl adjacent to an activating group) is 1. The van der Waals surface area contributed by atoms with Gasteiger partial charge in [-0.2, -0.15) is 0 Å². The van der Waals surface area contributed by atoms with Crippen molar-refractivity contribution in [1.82, 2.24) is 14.8 Å². The van der Waals surface area contributed by atoms with Gasteiger partial charge in [0.2, 0.25) is 11.8 Å². The van der Waals surface area contributed by atoms with Crippen LogP contribution in [0.25, 0.3) is 0 Å². The Morgan fingerprint density at radius 1 is 1.43 bits per heavy atom. The largest absolute Gasteiger partial charge is 0.477 e. The molecule has 1 unspecified atom stereocenters. The normalized spacial score (nSPS) is 27.5. The van der Waals surface area contributed by atoms with E-state index >= 15 is 0 Å². The summed E-state index contributed by atoms with van der Waals surface area (Å²) in [5, 5.41) is 0. The minimum Gasteiger partial charge on any atom is -0.477 e. The number of fused-ring (bicyclic) bond motifs is 1. The molecular weight excluding hydrogens is 294 g/mol. The maximum atomic E-state index is 12.0. The molecule has 2 aliphatic rings. The monoisotopic (exact) mass is 319 g/mol. The van der Waals surface area contributed by atoms with Gasteiger partial charge in [-0.3, -0.25) is 9.69 Å². The van der Waals surface area contributed by atoms with Gasteiger partial charge in [0, 0.05) is 38.9 Å². The molecular formula is C17H25N3O3. The zero-order valence-electron chi connectivity index (χ0n) is 13.9. The summed E-state index contributed by atoms with van der Waals surface area (Å²) in [5.41, 5.74) is 0. The van der Waals surface area contributed by atoms with Crippen LogP contribution >= 0.6 is 0 Å². The van der Waals surface area contributed by atoms with Gasteiger partial charge in [0.25, 0.3) is 0 Å². The molecule has 126 valence electrons. The van der Waals surface area contributed by atoms with E-state index in [0.717, 1.165) is 19.4 Å². The van der Waals surface area contributed by atoms with E-state index in [2.05, 4.69) is 9.88 Å². The summed E-state index contributed by atoms with van der Waals surface area (Å²) in [6.45, 7) is 2.67. The van der Waals surface area contributed by atoms with Gasteiger partial charge < -0.3 is 14.4 Å². The average molecular weight is 319 g/mol. The third-order valence-corrected chi connectivity index (χ3v) is 4.69. The molecule has 2 fully saturated rings. The summed E-state index contributed by atoms with van der Waals surface area (Å²) >= 11 is 0. The minimum atomic E-state index is 0.152. The summed E-state index contributed by atoms with van der Waals surface area (Å²) in [7, 11) is 3.61. The van der Waals surface area contributed by atoms with Crippen molar-refractivity contribution in [3.8, 4) is 5.88 Å².